The minimum atomic E-state index is -0.251. The number of aryl methyl sites for hydroxylation is 4. The number of carbonyl (C=O) groups is 1. The number of para-hydroxylation sites is 1. The number of anilines is 1. The van der Waals surface area contributed by atoms with E-state index in [4.69, 9.17) is 4.42 Å². The van der Waals surface area contributed by atoms with Crippen LogP contribution in [-0.2, 0) is 0 Å². The summed E-state index contributed by atoms with van der Waals surface area (Å²) in [6.45, 7) is 8.11. The van der Waals surface area contributed by atoms with Gasteiger partial charge in [0.25, 0.3) is 5.91 Å². The van der Waals surface area contributed by atoms with Crippen LogP contribution in [0.4, 0.5) is 11.4 Å². The highest BCUT2D eigenvalue weighted by Gasteiger charge is 2.14. The quantitative estimate of drug-likeness (QED) is 0.451. The van der Waals surface area contributed by atoms with Crippen LogP contribution in [0.25, 0.3) is 11.0 Å². The normalized spacial score (nSPS) is 11.7. The highest BCUT2D eigenvalue weighted by Crippen LogP contribution is 2.20. The summed E-state index contributed by atoms with van der Waals surface area (Å²) in [7, 11) is 0. The fraction of sp³-hybridized carbons (Fsp3) is 0.154. The number of hydrogen-bond donors (Lipinski definition) is 1. The molecular weight excluding hydrogens is 372 g/mol. The molecule has 4 nitrogen and oxygen atoms in total. The maximum atomic E-state index is 13.2. The molecule has 0 aliphatic heterocycles. The van der Waals surface area contributed by atoms with E-state index in [1.165, 1.54) is 5.56 Å². The van der Waals surface area contributed by atoms with Crippen LogP contribution in [0, 0.1) is 27.7 Å². The topological polar surface area (TPSA) is 54.6 Å². The Labute approximate surface area is 175 Å². The van der Waals surface area contributed by atoms with Crippen LogP contribution in [-0.4, -0.2) is 5.91 Å². The second kappa shape index (κ2) is 7.99. The highest BCUT2D eigenvalue weighted by atomic mass is 16.3. The van der Waals surface area contributed by atoms with Crippen molar-refractivity contribution >= 4 is 28.3 Å². The zero-order valence-corrected chi connectivity index (χ0v) is 17.6. The van der Waals surface area contributed by atoms with Crippen molar-refractivity contribution in [1.82, 2.24) is 0 Å². The molecule has 150 valence electrons. The van der Waals surface area contributed by atoms with Crippen molar-refractivity contribution in [3.63, 3.8) is 0 Å². The molecule has 1 N–H and O–H groups in total. The summed E-state index contributed by atoms with van der Waals surface area (Å²) < 4.78 is 6.05. The Morgan fingerprint density at radius 1 is 0.833 bits per heavy atom. The van der Waals surface area contributed by atoms with Crippen LogP contribution in [0.1, 0.15) is 32.6 Å². The van der Waals surface area contributed by atoms with Gasteiger partial charge in [0.1, 0.15) is 11.1 Å². The lowest BCUT2D eigenvalue weighted by Crippen LogP contribution is -2.22. The third kappa shape index (κ3) is 4.03. The van der Waals surface area contributed by atoms with E-state index >= 15 is 0 Å². The Kier molecular flexibility index (Phi) is 5.23. The Morgan fingerprint density at radius 2 is 1.63 bits per heavy atom. The van der Waals surface area contributed by atoms with Gasteiger partial charge in [0, 0.05) is 11.1 Å². The van der Waals surface area contributed by atoms with E-state index in [9.17, 15) is 4.79 Å². The van der Waals surface area contributed by atoms with Gasteiger partial charge in [0.15, 0.2) is 0 Å². The molecular formula is C26H24N2O2. The number of hydrogen-bond acceptors (Lipinski definition) is 3. The number of nitrogens with zero attached hydrogens (tertiary/aromatic N) is 1. The van der Waals surface area contributed by atoms with Crippen molar-refractivity contribution in [3.05, 3.63) is 100 Å². The zero-order chi connectivity index (χ0) is 21.3. The van der Waals surface area contributed by atoms with E-state index in [-0.39, 0.29) is 5.91 Å². The van der Waals surface area contributed by atoms with Gasteiger partial charge in [0.2, 0.25) is 5.55 Å². The Balaban J connectivity index is 1.84. The summed E-state index contributed by atoms with van der Waals surface area (Å²) in [6.07, 6.45) is 0. The molecule has 0 saturated heterocycles. The molecule has 0 spiro atoms. The molecule has 0 saturated carbocycles. The number of benzene rings is 3. The third-order valence-electron chi connectivity index (χ3n) is 5.25. The molecule has 1 amide bonds. The Hall–Kier alpha value is -3.66. The molecule has 0 unspecified atom stereocenters. The van der Waals surface area contributed by atoms with Gasteiger partial charge in [-0.15, -0.1) is 0 Å². The van der Waals surface area contributed by atoms with E-state index in [2.05, 4.69) is 17.2 Å². The lowest BCUT2D eigenvalue weighted by molar-refractivity contribution is 0.102. The molecule has 4 heteroatoms. The molecule has 0 bridgehead atoms. The van der Waals surface area contributed by atoms with Crippen LogP contribution >= 0.6 is 0 Å². The largest absolute Gasteiger partial charge is 0.438 e. The SMILES string of the molecule is Cc1ccc(NC(=O)c2cc3ccccc3oc2=Nc2ccc(C)c(C)c2)c(C)c1. The van der Waals surface area contributed by atoms with E-state index in [0.29, 0.717) is 16.7 Å². The van der Waals surface area contributed by atoms with Gasteiger partial charge < -0.3 is 9.73 Å². The first-order valence-electron chi connectivity index (χ1n) is 9.94. The van der Waals surface area contributed by atoms with Crippen molar-refractivity contribution < 1.29 is 9.21 Å². The number of rotatable bonds is 3. The Morgan fingerprint density at radius 3 is 2.40 bits per heavy atom. The summed E-state index contributed by atoms with van der Waals surface area (Å²) in [5, 5.41) is 3.86. The fourth-order valence-electron chi connectivity index (χ4n) is 3.37. The molecule has 0 aliphatic rings. The summed E-state index contributed by atoms with van der Waals surface area (Å²) in [4.78, 5) is 17.9. The van der Waals surface area contributed by atoms with Crippen molar-refractivity contribution in [3.8, 4) is 0 Å². The summed E-state index contributed by atoms with van der Waals surface area (Å²) >= 11 is 0. The summed E-state index contributed by atoms with van der Waals surface area (Å²) in [6, 6.07) is 21.3. The number of carbonyl (C=O) groups excluding carboxylic acids is 1. The predicted molar refractivity (Wildman–Crippen MR) is 121 cm³/mol. The average molecular weight is 396 g/mol. The van der Waals surface area contributed by atoms with Crippen LogP contribution in [0.15, 0.2) is 76.1 Å². The second-order valence-corrected chi connectivity index (χ2v) is 7.66. The second-order valence-electron chi connectivity index (χ2n) is 7.66. The molecule has 0 atom stereocenters. The first-order valence-corrected chi connectivity index (χ1v) is 9.94. The lowest BCUT2D eigenvalue weighted by Gasteiger charge is -2.10. The Bertz CT molecular complexity index is 1330. The first-order chi connectivity index (χ1) is 14.4. The molecule has 1 heterocycles. The molecule has 1 aromatic heterocycles. The lowest BCUT2D eigenvalue weighted by atomic mass is 10.1. The molecule has 0 aliphatic carbocycles. The van der Waals surface area contributed by atoms with Crippen molar-refractivity contribution in [2.24, 2.45) is 4.99 Å². The minimum absolute atomic E-state index is 0.251. The van der Waals surface area contributed by atoms with Gasteiger partial charge in [-0.1, -0.05) is 42.0 Å². The van der Waals surface area contributed by atoms with Crippen LogP contribution in [0.5, 0.6) is 0 Å². The van der Waals surface area contributed by atoms with Crippen LogP contribution in [0.3, 0.4) is 0 Å². The van der Waals surface area contributed by atoms with E-state index in [1.807, 2.05) is 87.5 Å². The standard InChI is InChI=1S/C26H24N2O2/c1-16-9-12-23(19(4)13-16)28-25(29)22-15-20-7-5-6-8-24(20)30-26(22)27-21-11-10-17(2)18(3)14-21/h5-15H,1-4H3,(H,28,29). The fourth-order valence-corrected chi connectivity index (χ4v) is 3.37. The number of nitrogens with one attached hydrogen (secondary N) is 1. The van der Waals surface area contributed by atoms with Crippen molar-refractivity contribution in [2.45, 2.75) is 27.7 Å². The molecule has 3 aromatic carbocycles. The smallest absolute Gasteiger partial charge is 0.261 e. The minimum Gasteiger partial charge on any atom is -0.438 e. The van der Waals surface area contributed by atoms with Gasteiger partial charge in [0.05, 0.1) is 5.69 Å². The van der Waals surface area contributed by atoms with Crippen LogP contribution in [0.2, 0.25) is 0 Å². The summed E-state index contributed by atoms with van der Waals surface area (Å²) in [5.41, 5.74) is 7.38. The average Bonchev–Trinajstić information content (AvgIpc) is 2.72. The maximum Gasteiger partial charge on any atom is 0.261 e. The van der Waals surface area contributed by atoms with Crippen molar-refractivity contribution in [2.75, 3.05) is 5.32 Å². The van der Waals surface area contributed by atoms with Gasteiger partial charge in [-0.3, -0.25) is 4.79 Å². The predicted octanol–water partition coefficient (Wildman–Crippen LogP) is 6.15. The highest BCUT2D eigenvalue weighted by molar-refractivity contribution is 6.05. The van der Waals surface area contributed by atoms with Gasteiger partial charge in [-0.05, 0) is 74.7 Å². The van der Waals surface area contributed by atoms with Crippen molar-refractivity contribution in [1.29, 1.82) is 0 Å². The van der Waals surface area contributed by atoms with Gasteiger partial charge in [-0.2, -0.15) is 0 Å². The molecule has 0 radical (unpaired) electrons. The zero-order valence-electron chi connectivity index (χ0n) is 17.6. The van der Waals surface area contributed by atoms with Gasteiger partial charge in [-0.25, -0.2) is 4.99 Å². The first kappa shape index (κ1) is 19.6. The van der Waals surface area contributed by atoms with Crippen LogP contribution < -0.4 is 10.9 Å². The molecule has 30 heavy (non-hydrogen) atoms. The van der Waals surface area contributed by atoms with E-state index < -0.39 is 0 Å². The molecule has 4 rings (SSSR count). The van der Waals surface area contributed by atoms with Gasteiger partial charge >= 0.3 is 0 Å². The number of amides is 1. The van der Waals surface area contributed by atoms with E-state index in [0.717, 1.165) is 33.5 Å². The third-order valence-corrected chi connectivity index (χ3v) is 5.25. The monoisotopic (exact) mass is 396 g/mol. The summed E-state index contributed by atoms with van der Waals surface area (Å²) in [5.74, 6) is -0.251. The van der Waals surface area contributed by atoms with E-state index in [1.54, 1.807) is 0 Å². The molecule has 0 fully saturated rings. The number of fused-ring (bicyclic) bond motifs is 1. The maximum absolute atomic E-state index is 13.2. The molecule has 4 aromatic rings.